The molecule has 0 unspecified atom stereocenters. The number of rotatable bonds is 3. The number of nitrogens with zero attached hydrogens (tertiary/aromatic N) is 5. The van der Waals surface area contributed by atoms with Crippen molar-refractivity contribution in [1.29, 1.82) is 0 Å². The Balaban J connectivity index is 1.54. The van der Waals surface area contributed by atoms with E-state index < -0.39 is 11.8 Å². The maximum Gasteiger partial charge on any atom is 0.312 e. The first-order valence-electron chi connectivity index (χ1n) is 8.25. The average molecular weight is 339 g/mol. The van der Waals surface area contributed by atoms with Crippen LogP contribution in [0.5, 0.6) is 0 Å². The van der Waals surface area contributed by atoms with Crippen LogP contribution in [0, 0.1) is 0 Å². The molecule has 1 aromatic heterocycles. The van der Waals surface area contributed by atoms with Crippen LogP contribution in [-0.2, 0) is 16.1 Å². The normalized spacial score (nSPS) is 14.3. The van der Waals surface area contributed by atoms with Gasteiger partial charge in [0.25, 0.3) is 0 Å². The largest absolute Gasteiger partial charge is 0.337 e. The Hall–Kier alpha value is -2.96. The molecule has 0 radical (unpaired) electrons. The van der Waals surface area contributed by atoms with Gasteiger partial charge in [0, 0.05) is 52.2 Å². The molecule has 0 aliphatic carbocycles. The molecule has 25 heavy (non-hydrogen) atoms. The molecule has 130 valence electrons. The summed E-state index contributed by atoms with van der Waals surface area (Å²) in [6, 6.07) is 11.4. The number of amides is 2. The molecule has 2 amide bonds. The van der Waals surface area contributed by atoms with Crippen molar-refractivity contribution in [2.24, 2.45) is 0 Å². The lowest BCUT2D eigenvalue weighted by atomic mass is 10.2. The number of piperazine rings is 1. The molecular weight excluding hydrogens is 318 g/mol. The van der Waals surface area contributed by atoms with Gasteiger partial charge in [-0.25, -0.2) is 9.97 Å². The van der Waals surface area contributed by atoms with Crippen LogP contribution in [0.1, 0.15) is 5.56 Å². The Labute approximate surface area is 146 Å². The minimum absolute atomic E-state index is 0.420. The number of likely N-dealkylation sites (N-methyl/N-ethyl adjacent to an activating group) is 1. The minimum atomic E-state index is -0.478. The van der Waals surface area contributed by atoms with E-state index in [4.69, 9.17) is 0 Å². The molecular formula is C18H21N5O2. The second kappa shape index (κ2) is 7.74. The number of hydrogen-bond donors (Lipinski definition) is 0. The van der Waals surface area contributed by atoms with Gasteiger partial charge in [-0.3, -0.25) is 9.59 Å². The highest BCUT2D eigenvalue weighted by molar-refractivity contribution is 6.34. The van der Waals surface area contributed by atoms with Crippen LogP contribution in [0.3, 0.4) is 0 Å². The SMILES string of the molecule is CN(Cc1ccccc1)C(=O)C(=O)N1CCN(c2ncccn2)CC1. The summed E-state index contributed by atoms with van der Waals surface area (Å²) >= 11 is 0. The summed E-state index contributed by atoms with van der Waals surface area (Å²) in [5, 5.41) is 0. The van der Waals surface area contributed by atoms with Crippen LogP contribution < -0.4 is 4.90 Å². The topological polar surface area (TPSA) is 69.6 Å². The molecule has 0 N–H and O–H groups in total. The van der Waals surface area contributed by atoms with E-state index in [1.807, 2.05) is 35.2 Å². The summed E-state index contributed by atoms with van der Waals surface area (Å²) < 4.78 is 0. The minimum Gasteiger partial charge on any atom is -0.337 e. The molecule has 0 bridgehead atoms. The van der Waals surface area contributed by atoms with E-state index in [1.54, 1.807) is 30.4 Å². The zero-order chi connectivity index (χ0) is 17.6. The van der Waals surface area contributed by atoms with E-state index in [-0.39, 0.29) is 0 Å². The van der Waals surface area contributed by atoms with Gasteiger partial charge in [0.05, 0.1) is 0 Å². The van der Waals surface area contributed by atoms with Crippen LogP contribution in [-0.4, -0.2) is 64.8 Å². The van der Waals surface area contributed by atoms with Crippen LogP contribution in [0.25, 0.3) is 0 Å². The van der Waals surface area contributed by atoms with Crippen molar-refractivity contribution in [2.75, 3.05) is 38.1 Å². The summed E-state index contributed by atoms with van der Waals surface area (Å²) in [5.74, 6) is -0.276. The molecule has 1 aliphatic rings. The van der Waals surface area contributed by atoms with Gasteiger partial charge in [-0.2, -0.15) is 0 Å². The maximum absolute atomic E-state index is 12.5. The highest BCUT2D eigenvalue weighted by atomic mass is 16.2. The van der Waals surface area contributed by atoms with Crippen molar-refractivity contribution in [1.82, 2.24) is 19.8 Å². The number of carbonyl (C=O) groups excluding carboxylic acids is 2. The summed E-state index contributed by atoms with van der Waals surface area (Å²) in [6.45, 7) is 2.63. The van der Waals surface area contributed by atoms with Gasteiger partial charge >= 0.3 is 11.8 Å². The van der Waals surface area contributed by atoms with Gasteiger partial charge in [0.1, 0.15) is 0 Å². The number of carbonyl (C=O) groups is 2. The van der Waals surface area contributed by atoms with Crippen LogP contribution in [0.4, 0.5) is 5.95 Å². The molecule has 2 aromatic rings. The number of hydrogen-bond acceptors (Lipinski definition) is 5. The lowest BCUT2D eigenvalue weighted by Gasteiger charge is -2.34. The third-order valence-electron chi connectivity index (χ3n) is 4.19. The smallest absolute Gasteiger partial charge is 0.312 e. The number of anilines is 1. The van der Waals surface area contributed by atoms with E-state index >= 15 is 0 Å². The summed E-state index contributed by atoms with van der Waals surface area (Å²) in [7, 11) is 1.65. The fourth-order valence-corrected chi connectivity index (χ4v) is 2.79. The zero-order valence-electron chi connectivity index (χ0n) is 14.2. The lowest BCUT2D eigenvalue weighted by Crippen LogP contribution is -2.53. The fraction of sp³-hybridized carbons (Fsp3) is 0.333. The average Bonchev–Trinajstić information content (AvgIpc) is 2.68. The first kappa shape index (κ1) is 16.9. The van der Waals surface area contributed by atoms with Crippen LogP contribution in [0.2, 0.25) is 0 Å². The van der Waals surface area contributed by atoms with Crippen molar-refractivity contribution in [2.45, 2.75) is 6.54 Å². The van der Waals surface area contributed by atoms with Crippen molar-refractivity contribution >= 4 is 17.8 Å². The molecule has 1 fully saturated rings. The Morgan fingerprint density at radius 3 is 2.28 bits per heavy atom. The highest BCUT2D eigenvalue weighted by Crippen LogP contribution is 2.11. The summed E-state index contributed by atoms with van der Waals surface area (Å²) in [5.41, 5.74) is 0.997. The van der Waals surface area contributed by atoms with Crippen molar-refractivity contribution in [3.63, 3.8) is 0 Å². The van der Waals surface area contributed by atoms with E-state index in [9.17, 15) is 9.59 Å². The molecule has 1 aliphatic heterocycles. The van der Waals surface area contributed by atoms with Gasteiger partial charge < -0.3 is 14.7 Å². The number of benzene rings is 1. The quantitative estimate of drug-likeness (QED) is 0.773. The third kappa shape index (κ3) is 4.12. The monoisotopic (exact) mass is 339 g/mol. The molecule has 2 heterocycles. The van der Waals surface area contributed by atoms with E-state index in [0.717, 1.165) is 5.56 Å². The summed E-state index contributed by atoms with van der Waals surface area (Å²) in [6.07, 6.45) is 3.39. The van der Waals surface area contributed by atoms with Crippen molar-refractivity contribution < 1.29 is 9.59 Å². The second-order valence-corrected chi connectivity index (χ2v) is 5.97. The zero-order valence-corrected chi connectivity index (χ0v) is 14.2. The standard InChI is InChI=1S/C18H21N5O2/c1-21(14-15-6-3-2-4-7-15)16(24)17(25)22-10-12-23(13-11-22)18-19-8-5-9-20-18/h2-9H,10-14H2,1H3. The highest BCUT2D eigenvalue weighted by Gasteiger charge is 2.28. The maximum atomic E-state index is 12.5. The Morgan fingerprint density at radius 2 is 1.64 bits per heavy atom. The Morgan fingerprint density at radius 1 is 1.00 bits per heavy atom. The van der Waals surface area contributed by atoms with Crippen LogP contribution in [0.15, 0.2) is 48.8 Å². The lowest BCUT2D eigenvalue weighted by molar-refractivity contribution is -0.151. The molecule has 0 atom stereocenters. The molecule has 3 rings (SSSR count). The predicted octanol–water partition coefficient (Wildman–Crippen LogP) is 0.784. The van der Waals surface area contributed by atoms with Gasteiger partial charge in [-0.15, -0.1) is 0 Å². The Bertz CT molecular complexity index is 715. The van der Waals surface area contributed by atoms with Gasteiger partial charge in [0.2, 0.25) is 5.95 Å². The van der Waals surface area contributed by atoms with E-state index in [2.05, 4.69) is 9.97 Å². The van der Waals surface area contributed by atoms with E-state index in [1.165, 1.54) is 4.90 Å². The molecule has 7 nitrogen and oxygen atoms in total. The molecule has 1 aromatic carbocycles. The fourth-order valence-electron chi connectivity index (χ4n) is 2.79. The molecule has 0 spiro atoms. The van der Waals surface area contributed by atoms with Crippen LogP contribution >= 0.6 is 0 Å². The first-order chi connectivity index (χ1) is 12.1. The molecule has 1 saturated heterocycles. The number of aromatic nitrogens is 2. The summed E-state index contributed by atoms with van der Waals surface area (Å²) in [4.78, 5) is 38.4. The van der Waals surface area contributed by atoms with Gasteiger partial charge in [0.15, 0.2) is 0 Å². The van der Waals surface area contributed by atoms with Crippen molar-refractivity contribution in [3.05, 3.63) is 54.4 Å². The predicted molar refractivity (Wildman–Crippen MR) is 93.7 cm³/mol. The van der Waals surface area contributed by atoms with Crippen molar-refractivity contribution in [3.8, 4) is 0 Å². The van der Waals surface area contributed by atoms with E-state index in [0.29, 0.717) is 38.7 Å². The third-order valence-corrected chi connectivity index (χ3v) is 4.19. The van der Waals surface area contributed by atoms with Gasteiger partial charge in [-0.05, 0) is 11.6 Å². The first-order valence-corrected chi connectivity index (χ1v) is 8.25. The molecule has 7 heteroatoms. The second-order valence-electron chi connectivity index (χ2n) is 5.97. The Kier molecular flexibility index (Phi) is 5.23. The molecule has 0 saturated carbocycles. The van der Waals surface area contributed by atoms with Gasteiger partial charge in [-0.1, -0.05) is 30.3 Å².